The van der Waals surface area contributed by atoms with E-state index in [2.05, 4.69) is 38.1 Å². The standard InChI is InChI=1S/C9H14BrN3S/c1-4-14-5-7-12-6(2)8(10)9(11-3)13-7/h4-5H2,1-3H3,(H,11,12,13). The molecular weight excluding hydrogens is 262 g/mol. The van der Waals surface area contributed by atoms with Crippen LogP contribution in [-0.4, -0.2) is 22.8 Å². The maximum atomic E-state index is 4.40. The molecule has 0 saturated heterocycles. The highest BCUT2D eigenvalue weighted by molar-refractivity contribution is 9.10. The molecule has 0 radical (unpaired) electrons. The second-order valence-corrected chi connectivity index (χ2v) is 4.84. The predicted octanol–water partition coefficient (Wildman–Crippen LogP) is 2.84. The second kappa shape index (κ2) is 5.56. The second-order valence-electron chi connectivity index (χ2n) is 2.77. The number of hydrogen-bond acceptors (Lipinski definition) is 4. The zero-order valence-corrected chi connectivity index (χ0v) is 11.0. The zero-order chi connectivity index (χ0) is 10.6. The van der Waals surface area contributed by atoms with Crippen molar-refractivity contribution in [3.05, 3.63) is 16.0 Å². The maximum Gasteiger partial charge on any atom is 0.144 e. The van der Waals surface area contributed by atoms with E-state index < -0.39 is 0 Å². The molecule has 0 saturated carbocycles. The molecule has 1 heterocycles. The molecule has 1 rings (SSSR count). The van der Waals surface area contributed by atoms with Crippen LogP contribution in [0.2, 0.25) is 0 Å². The van der Waals surface area contributed by atoms with Crippen molar-refractivity contribution in [3.63, 3.8) is 0 Å². The van der Waals surface area contributed by atoms with Crippen molar-refractivity contribution in [3.8, 4) is 0 Å². The molecule has 1 N–H and O–H groups in total. The van der Waals surface area contributed by atoms with Crippen molar-refractivity contribution < 1.29 is 0 Å². The van der Waals surface area contributed by atoms with E-state index in [0.717, 1.165) is 33.3 Å². The monoisotopic (exact) mass is 275 g/mol. The topological polar surface area (TPSA) is 37.8 Å². The molecule has 78 valence electrons. The molecule has 3 nitrogen and oxygen atoms in total. The van der Waals surface area contributed by atoms with Crippen LogP contribution in [0.25, 0.3) is 0 Å². The highest BCUT2D eigenvalue weighted by atomic mass is 79.9. The van der Waals surface area contributed by atoms with Crippen LogP contribution in [0, 0.1) is 6.92 Å². The molecule has 0 aliphatic heterocycles. The van der Waals surface area contributed by atoms with Gasteiger partial charge in [0.1, 0.15) is 11.6 Å². The van der Waals surface area contributed by atoms with E-state index in [-0.39, 0.29) is 0 Å². The van der Waals surface area contributed by atoms with Gasteiger partial charge in [0.05, 0.1) is 15.9 Å². The van der Waals surface area contributed by atoms with E-state index in [1.807, 2.05) is 25.7 Å². The van der Waals surface area contributed by atoms with Crippen molar-refractivity contribution in [2.24, 2.45) is 0 Å². The van der Waals surface area contributed by atoms with Gasteiger partial charge in [-0.15, -0.1) is 0 Å². The third-order valence-corrected chi connectivity index (χ3v) is 3.56. The van der Waals surface area contributed by atoms with Gasteiger partial charge in [0.25, 0.3) is 0 Å². The van der Waals surface area contributed by atoms with Crippen LogP contribution in [0.15, 0.2) is 4.47 Å². The number of nitrogens with zero attached hydrogens (tertiary/aromatic N) is 2. The van der Waals surface area contributed by atoms with Gasteiger partial charge in [-0.2, -0.15) is 11.8 Å². The Labute approximate surface area is 97.2 Å². The summed E-state index contributed by atoms with van der Waals surface area (Å²) in [7, 11) is 1.86. The molecule has 0 aliphatic carbocycles. The molecule has 0 bridgehead atoms. The van der Waals surface area contributed by atoms with Gasteiger partial charge in [-0.05, 0) is 28.6 Å². The van der Waals surface area contributed by atoms with E-state index in [1.54, 1.807) is 0 Å². The summed E-state index contributed by atoms with van der Waals surface area (Å²) in [6, 6.07) is 0. The van der Waals surface area contributed by atoms with Gasteiger partial charge in [0.2, 0.25) is 0 Å². The molecule has 1 aromatic rings. The fraction of sp³-hybridized carbons (Fsp3) is 0.556. The van der Waals surface area contributed by atoms with Gasteiger partial charge >= 0.3 is 0 Å². The highest BCUT2D eigenvalue weighted by Crippen LogP contribution is 2.23. The summed E-state index contributed by atoms with van der Waals surface area (Å²) < 4.78 is 0.949. The number of aromatic nitrogens is 2. The van der Waals surface area contributed by atoms with Crippen LogP contribution in [0.4, 0.5) is 5.82 Å². The minimum atomic E-state index is 0.865. The van der Waals surface area contributed by atoms with Crippen molar-refractivity contribution in [2.45, 2.75) is 19.6 Å². The molecule has 0 unspecified atom stereocenters. The van der Waals surface area contributed by atoms with E-state index in [4.69, 9.17) is 0 Å². The Kier molecular flexibility index (Phi) is 4.68. The lowest BCUT2D eigenvalue weighted by atomic mass is 10.4. The molecule has 0 aromatic carbocycles. The Bertz CT molecular complexity index is 317. The van der Waals surface area contributed by atoms with Crippen molar-refractivity contribution in [2.75, 3.05) is 18.1 Å². The van der Waals surface area contributed by atoms with Gasteiger partial charge < -0.3 is 5.32 Å². The van der Waals surface area contributed by atoms with Crippen LogP contribution in [-0.2, 0) is 5.75 Å². The number of halogens is 1. The van der Waals surface area contributed by atoms with Gasteiger partial charge in [-0.3, -0.25) is 0 Å². The Balaban J connectivity index is 2.91. The lowest BCUT2D eigenvalue weighted by Crippen LogP contribution is -2.02. The summed E-state index contributed by atoms with van der Waals surface area (Å²) in [5, 5.41) is 3.05. The summed E-state index contributed by atoms with van der Waals surface area (Å²) in [5.41, 5.74) is 0.982. The SMILES string of the molecule is CCSCc1nc(C)c(Br)c(NC)n1. The Morgan fingerprint density at radius 2 is 2.14 bits per heavy atom. The van der Waals surface area contributed by atoms with Crippen molar-refractivity contribution in [1.29, 1.82) is 0 Å². The minimum Gasteiger partial charge on any atom is -0.372 e. The third-order valence-electron chi connectivity index (χ3n) is 1.74. The molecule has 14 heavy (non-hydrogen) atoms. The Morgan fingerprint density at radius 3 is 2.71 bits per heavy atom. The van der Waals surface area contributed by atoms with Gasteiger partial charge in [-0.25, -0.2) is 9.97 Å². The lowest BCUT2D eigenvalue weighted by Gasteiger charge is -2.07. The fourth-order valence-electron chi connectivity index (χ4n) is 1.04. The minimum absolute atomic E-state index is 0.865. The predicted molar refractivity (Wildman–Crippen MR) is 65.9 cm³/mol. The van der Waals surface area contributed by atoms with Crippen LogP contribution in [0.5, 0.6) is 0 Å². The number of anilines is 1. The average Bonchev–Trinajstić information content (AvgIpc) is 2.19. The number of thioether (sulfide) groups is 1. The van der Waals surface area contributed by atoms with Gasteiger partial charge in [0.15, 0.2) is 0 Å². The number of nitrogens with one attached hydrogen (secondary N) is 1. The first kappa shape index (κ1) is 11.8. The first-order valence-corrected chi connectivity index (χ1v) is 6.42. The molecule has 1 aromatic heterocycles. The first-order chi connectivity index (χ1) is 6.69. The Hall–Kier alpha value is -0.290. The summed E-state index contributed by atoms with van der Waals surface area (Å²) in [5.74, 6) is 3.72. The van der Waals surface area contributed by atoms with Crippen molar-refractivity contribution in [1.82, 2.24) is 9.97 Å². The summed E-state index contributed by atoms with van der Waals surface area (Å²) >= 11 is 5.28. The van der Waals surface area contributed by atoms with E-state index >= 15 is 0 Å². The molecule has 0 fully saturated rings. The normalized spacial score (nSPS) is 10.3. The number of hydrogen-bond donors (Lipinski definition) is 1. The molecule has 0 aliphatic rings. The largest absolute Gasteiger partial charge is 0.372 e. The third kappa shape index (κ3) is 2.85. The molecular formula is C9H14BrN3S. The van der Waals surface area contributed by atoms with Crippen LogP contribution in [0.1, 0.15) is 18.4 Å². The van der Waals surface area contributed by atoms with E-state index in [0.29, 0.717) is 0 Å². The molecule has 0 spiro atoms. The van der Waals surface area contributed by atoms with Crippen LogP contribution < -0.4 is 5.32 Å². The molecule has 5 heteroatoms. The van der Waals surface area contributed by atoms with E-state index in [9.17, 15) is 0 Å². The zero-order valence-electron chi connectivity index (χ0n) is 8.59. The Morgan fingerprint density at radius 1 is 1.43 bits per heavy atom. The fourth-order valence-corrected chi connectivity index (χ4v) is 1.93. The highest BCUT2D eigenvalue weighted by Gasteiger charge is 2.07. The summed E-state index contributed by atoms with van der Waals surface area (Å²) in [6.07, 6.45) is 0. The smallest absolute Gasteiger partial charge is 0.144 e. The van der Waals surface area contributed by atoms with Crippen LogP contribution >= 0.6 is 27.7 Å². The maximum absolute atomic E-state index is 4.40. The van der Waals surface area contributed by atoms with Gasteiger partial charge in [0, 0.05) is 7.05 Å². The quantitative estimate of drug-likeness (QED) is 0.917. The average molecular weight is 276 g/mol. The number of aryl methyl sites for hydroxylation is 1. The molecule has 0 amide bonds. The first-order valence-electron chi connectivity index (χ1n) is 4.47. The van der Waals surface area contributed by atoms with Gasteiger partial charge in [-0.1, -0.05) is 6.92 Å². The summed E-state index contributed by atoms with van der Waals surface area (Å²) in [4.78, 5) is 8.80. The molecule has 0 atom stereocenters. The van der Waals surface area contributed by atoms with Crippen molar-refractivity contribution >= 4 is 33.5 Å². The van der Waals surface area contributed by atoms with E-state index in [1.165, 1.54) is 0 Å². The lowest BCUT2D eigenvalue weighted by molar-refractivity contribution is 0.985. The number of rotatable bonds is 4. The van der Waals surface area contributed by atoms with Crippen LogP contribution in [0.3, 0.4) is 0 Å². The summed E-state index contributed by atoms with van der Waals surface area (Å²) in [6.45, 7) is 4.11.